The van der Waals surface area contributed by atoms with Crippen molar-refractivity contribution in [3.05, 3.63) is 39.2 Å². The summed E-state index contributed by atoms with van der Waals surface area (Å²) in [5.74, 6) is -1.31. The Bertz CT molecular complexity index is 573. The molecule has 1 aromatic carbocycles. The summed E-state index contributed by atoms with van der Waals surface area (Å²) in [7, 11) is 0. The molecule has 0 saturated heterocycles. The molecule has 1 aliphatic carbocycles. The number of nitrogens with zero attached hydrogens (tertiary/aromatic N) is 1. The van der Waals surface area contributed by atoms with Gasteiger partial charge in [-0.1, -0.05) is 0 Å². The van der Waals surface area contributed by atoms with Crippen molar-refractivity contribution in [2.45, 2.75) is 24.5 Å². The van der Waals surface area contributed by atoms with Crippen molar-refractivity contribution in [3.8, 4) is 0 Å². The number of carbonyl (C=O) groups excluding carboxylic acids is 1. The maximum absolute atomic E-state index is 13.9. The molecule has 0 unspecified atom stereocenters. The number of hydrogen-bond donors (Lipinski definition) is 1. The molecule has 1 N–H and O–H groups in total. The van der Waals surface area contributed by atoms with Crippen molar-refractivity contribution in [1.82, 2.24) is 5.32 Å². The molecule has 0 radical (unpaired) electrons. The van der Waals surface area contributed by atoms with E-state index in [0.29, 0.717) is 6.54 Å². The zero-order chi connectivity index (χ0) is 14.9. The van der Waals surface area contributed by atoms with Crippen molar-refractivity contribution < 1.29 is 14.1 Å². The molecular formula is C13H15FN2O3S. The van der Waals surface area contributed by atoms with Crippen LogP contribution in [0.5, 0.6) is 0 Å². The van der Waals surface area contributed by atoms with Gasteiger partial charge in [0, 0.05) is 23.4 Å². The van der Waals surface area contributed by atoms with Gasteiger partial charge in [-0.25, -0.2) is 4.39 Å². The van der Waals surface area contributed by atoms with E-state index in [1.165, 1.54) is 6.92 Å². The molecule has 2 rings (SSSR count). The average molecular weight is 298 g/mol. The summed E-state index contributed by atoms with van der Waals surface area (Å²) in [6.07, 6.45) is 4.01. The van der Waals surface area contributed by atoms with Gasteiger partial charge in [0.25, 0.3) is 11.6 Å². The van der Waals surface area contributed by atoms with Crippen molar-refractivity contribution >= 4 is 23.4 Å². The Balaban J connectivity index is 2.18. The van der Waals surface area contributed by atoms with Gasteiger partial charge in [0.15, 0.2) is 0 Å². The van der Waals surface area contributed by atoms with E-state index in [9.17, 15) is 19.3 Å². The lowest BCUT2D eigenvalue weighted by Crippen LogP contribution is -2.32. The monoisotopic (exact) mass is 298 g/mol. The predicted octanol–water partition coefficient (Wildman–Crippen LogP) is 2.67. The first-order chi connectivity index (χ1) is 9.38. The lowest BCUT2D eigenvalue weighted by atomic mass is 10.1. The van der Waals surface area contributed by atoms with E-state index in [1.54, 1.807) is 11.8 Å². The van der Waals surface area contributed by atoms with Crippen LogP contribution >= 0.6 is 11.8 Å². The molecule has 1 saturated carbocycles. The van der Waals surface area contributed by atoms with E-state index >= 15 is 0 Å². The van der Waals surface area contributed by atoms with Gasteiger partial charge in [-0.15, -0.1) is 0 Å². The van der Waals surface area contributed by atoms with Gasteiger partial charge < -0.3 is 5.32 Å². The number of thioether (sulfide) groups is 1. The SMILES string of the molecule is CSC1(CNC(=O)c2cc([N+](=O)[O-])cc(C)c2F)CC1. The second-order valence-corrected chi connectivity index (χ2v) is 6.23. The van der Waals surface area contributed by atoms with E-state index in [1.807, 2.05) is 6.26 Å². The summed E-state index contributed by atoms with van der Waals surface area (Å²) in [4.78, 5) is 22.1. The quantitative estimate of drug-likeness (QED) is 0.670. The molecular weight excluding hydrogens is 283 g/mol. The van der Waals surface area contributed by atoms with Gasteiger partial charge in [-0.05, 0) is 31.6 Å². The minimum absolute atomic E-state index is 0.0574. The topological polar surface area (TPSA) is 72.2 Å². The predicted molar refractivity (Wildman–Crippen MR) is 75.6 cm³/mol. The first-order valence-electron chi connectivity index (χ1n) is 6.16. The fraction of sp³-hybridized carbons (Fsp3) is 0.462. The molecule has 7 heteroatoms. The van der Waals surface area contributed by atoms with Gasteiger partial charge in [0.2, 0.25) is 0 Å². The van der Waals surface area contributed by atoms with Crippen LogP contribution in [0.25, 0.3) is 0 Å². The molecule has 0 aliphatic heterocycles. The number of rotatable bonds is 5. The largest absolute Gasteiger partial charge is 0.351 e. The maximum atomic E-state index is 13.9. The highest BCUT2D eigenvalue weighted by Crippen LogP contribution is 2.46. The lowest BCUT2D eigenvalue weighted by molar-refractivity contribution is -0.385. The molecule has 1 fully saturated rings. The third kappa shape index (κ3) is 2.92. The fourth-order valence-electron chi connectivity index (χ4n) is 1.95. The number of nitro benzene ring substituents is 1. The summed E-state index contributed by atoms with van der Waals surface area (Å²) in [5, 5.41) is 13.4. The molecule has 1 aliphatic rings. The van der Waals surface area contributed by atoms with Crippen molar-refractivity contribution in [1.29, 1.82) is 0 Å². The van der Waals surface area contributed by atoms with E-state index in [4.69, 9.17) is 0 Å². The van der Waals surface area contributed by atoms with E-state index < -0.39 is 16.6 Å². The normalized spacial score (nSPS) is 15.8. The highest BCUT2D eigenvalue weighted by Gasteiger charge is 2.42. The van der Waals surface area contributed by atoms with Crippen LogP contribution in [0.3, 0.4) is 0 Å². The fourth-order valence-corrected chi connectivity index (χ4v) is 2.68. The number of carbonyl (C=O) groups is 1. The number of halogens is 1. The van der Waals surface area contributed by atoms with E-state index in [2.05, 4.69) is 5.32 Å². The highest BCUT2D eigenvalue weighted by molar-refractivity contribution is 8.00. The van der Waals surface area contributed by atoms with Crippen LogP contribution in [0.15, 0.2) is 12.1 Å². The molecule has 1 amide bonds. The zero-order valence-electron chi connectivity index (χ0n) is 11.2. The molecule has 108 valence electrons. The molecule has 0 aromatic heterocycles. The zero-order valence-corrected chi connectivity index (χ0v) is 12.1. The second kappa shape index (κ2) is 5.40. The molecule has 1 aromatic rings. The van der Waals surface area contributed by atoms with Crippen LogP contribution in [-0.4, -0.2) is 28.4 Å². The number of benzene rings is 1. The number of nitro groups is 1. The van der Waals surface area contributed by atoms with Crippen LogP contribution in [-0.2, 0) is 0 Å². The Hall–Kier alpha value is -1.63. The molecule has 0 spiro atoms. The number of aryl methyl sites for hydroxylation is 1. The second-order valence-electron chi connectivity index (χ2n) is 4.95. The molecule has 20 heavy (non-hydrogen) atoms. The summed E-state index contributed by atoms with van der Waals surface area (Å²) >= 11 is 1.67. The van der Waals surface area contributed by atoms with Gasteiger partial charge in [0.05, 0.1) is 10.5 Å². The minimum atomic E-state index is -0.706. The summed E-state index contributed by atoms with van der Waals surface area (Å²) < 4.78 is 14.0. The van der Waals surface area contributed by atoms with Gasteiger partial charge in [-0.3, -0.25) is 14.9 Å². The average Bonchev–Trinajstić information content (AvgIpc) is 3.19. The van der Waals surface area contributed by atoms with Crippen LogP contribution in [0, 0.1) is 22.9 Å². The third-order valence-corrected chi connectivity index (χ3v) is 4.93. The first-order valence-corrected chi connectivity index (χ1v) is 7.39. The van der Waals surface area contributed by atoms with Crippen molar-refractivity contribution in [2.24, 2.45) is 0 Å². The van der Waals surface area contributed by atoms with E-state index in [0.717, 1.165) is 25.0 Å². The number of amides is 1. The Labute approximate surface area is 120 Å². The molecule has 0 atom stereocenters. The summed E-state index contributed by atoms with van der Waals surface area (Å²) in [6, 6.07) is 2.10. The standard InChI is InChI=1S/C13H15FN2O3S/c1-8-5-9(16(18)19)6-10(11(8)14)12(17)15-7-13(20-2)3-4-13/h5-6H,3-4,7H2,1-2H3,(H,15,17). The molecule has 5 nitrogen and oxygen atoms in total. The minimum Gasteiger partial charge on any atom is -0.351 e. The number of nitrogens with one attached hydrogen (secondary N) is 1. The van der Waals surface area contributed by atoms with Crippen molar-refractivity contribution in [2.75, 3.05) is 12.8 Å². The first kappa shape index (κ1) is 14.8. The Morgan fingerprint density at radius 3 is 2.70 bits per heavy atom. The Kier molecular flexibility index (Phi) is 3.99. The molecule has 0 bridgehead atoms. The highest BCUT2D eigenvalue weighted by atomic mass is 32.2. The van der Waals surface area contributed by atoms with Crippen LogP contribution in [0.4, 0.5) is 10.1 Å². The Morgan fingerprint density at radius 1 is 1.55 bits per heavy atom. The summed E-state index contributed by atoms with van der Waals surface area (Å²) in [5.41, 5.74) is -0.455. The van der Waals surface area contributed by atoms with Gasteiger partial charge in [0.1, 0.15) is 5.82 Å². The van der Waals surface area contributed by atoms with Crippen molar-refractivity contribution in [3.63, 3.8) is 0 Å². The van der Waals surface area contributed by atoms with Crippen LogP contribution in [0.1, 0.15) is 28.8 Å². The number of non-ortho nitro benzene ring substituents is 1. The number of hydrogen-bond acceptors (Lipinski definition) is 4. The van der Waals surface area contributed by atoms with Gasteiger partial charge >= 0.3 is 0 Å². The maximum Gasteiger partial charge on any atom is 0.270 e. The lowest BCUT2D eigenvalue weighted by Gasteiger charge is -2.13. The summed E-state index contributed by atoms with van der Waals surface area (Å²) in [6.45, 7) is 1.86. The van der Waals surface area contributed by atoms with Crippen LogP contribution < -0.4 is 5.32 Å². The smallest absolute Gasteiger partial charge is 0.270 e. The molecule has 0 heterocycles. The third-order valence-electron chi connectivity index (χ3n) is 3.51. The Morgan fingerprint density at radius 2 is 2.20 bits per heavy atom. The van der Waals surface area contributed by atoms with E-state index in [-0.39, 0.29) is 21.6 Å². The van der Waals surface area contributed by atoms with Crippen LogP contribution in [0.2, 0.25) is 0 Å². The van der Waals surface area contributed by atoms with Gasteiger partial charge in [-0.2, -0.15) is 11.8 Å².